The Labute approximate surface area is 137 Å². The standard InChI is InChI=1S/C17H26N4O2/c18-13-5-1-2-6-14(13)21(19)10-9-17(22)20-11-12-23-16-8-4-3-7-15(16)20/h1-2,5-6,15-16H,3-4,7-12,18-19H2. The fraction of sp³-hybridized carbons (Fsp3) is 0.588. The molecular formula is C17H26N4O2. The molecule has 0 radical (unpaired) electrons. The summed E-state index contributed by atoms with van der Waals surface area (Å²) < 4.78 is 5.83. The molecule has 1 heterocycles. The number of nitrogen functional groups attached to an aromatic ring is 1. The minimum atomic E-state index is 0.162. The molecule has 126 valence electrons. The fourth-order valence-electron chi connectivity index (χ4n) is 3.64. The van der Waals surface area contributed by atoms with Crippen molar-refractivity contribution in [1.29, 1.82) is 0 Å². The summed E-state index contributed by atoms with van der Waals surface area (Å²) in [5.41, 5.74) is 7.31. The van der Waals surface area contributed by atoms with Crippen molar-refractivity contribution >= 4 is 17.3 Å². The Kier molecular flexibility index (Phi) is 5.03. The SMILES string of the molecule is Nc1ccccc1N(N)CCC(=O)N1CCOC2CCCCC21. The van der Waals surface area contributed by atoms with Crippen LogP contribution in [0.3, 0.4) is 0 Å². The Morgan fingerprint density at radius 1 is 1.30 bits per heavy atom. The smallest absolute Gasteiger partial charge is 0.224 e. The first-order valence-corrected chi connectivity index (χ1v) is 8.44. The van der Waals surface area contributed by atoms with Crippen molar-refractivity contribution in [2.75, 3.05) is 30.4 Å². The number of hydrogen-bond acceptors (Lipinski definition) is 5. The molecular weight excluding hydrogens is 292 g/mol. The van der Waals surface area contributed by atoms with Crippen molar-refractivity contribution in [3.8, 4) is 0 Å². The second-order valence-electron chi connectivity index (χ2n) is 6.35. The van der Waals surface area contributed by atoms with Crippen LogP contribution in [0.15, 0.2) is 24.3 Å². The third-order valence-electron chi connectivity index (χ3n) is 4.87. The molecule has 1 saturated heterocycles. The Morgan fingerprint density at radius 3 is 2.91 bits per heavy atom. The van der Waals surface area contributed by atoms with Gasteiger partial charge in [0.1, 0.15) is 0 Å². The summed E-state index contributed by atoms with van der Waals surface area (Å²) in [7, 11) is 0. The van der Waals surface area contributed by atoms with Gasteiger partial charge in [-0.05, 0) is 25.0 Å². The number of carbonyl (C=O) groups is 1. The molecule has 1 aromatic rings. The van der Waals surface area contributed by atoms with E-state index in [4.69, 9.17) is 16.3 Å². The van der Waals surface area contributed by atoms with Crippen LogP contribution < -0.4 is 16.6 Å². The van der Waals surface area contributed by atoms with Crippen molar-refractivity contribution in [2.45, 2.75) is 44.2 Å². The van der Waals surface area contributed by atoms with E-state index in [-0.39, 0.29) is 18.1 Å². The van der Waals surface area contributed by atoms with Gasteiger partial charge in [-0.25, -0.2) is 5.84 Å². The predicted molar refractivity (Wildman–Crippen MR) is 90.7 cm³/mol. The maximum absolute atomic E-state index is 12.6. The number of anilines is 2. The quantitative estimate of drug-likeness (QED) is 0.499. The van der Waals surface area contributed by atoms with Gasteiger partial charge >= 0.3 is 0 Å². The number of amides is 1. The number of ether oxygens (including phenoxy) is 1. The molecule has 4 N–H and O–H groups in total. The summed E-state index contributed by atoms with van der Waals surface area (Å²) in [5.74, 6) is 6.23. The summed E-state index contributed by atoms with van der Waals surface area (Å²) in [6.45, 7) is 1.80. The molecule has 0 spiro atoms. The summed E-state index contributed by atoms with van der Waals surface area (Å²) in [6.07, 6.45) is 5.12. The lowest BCUT2D eigenvalue weighted by atomic mass is 9.90. The summed E-state index contributed by atoms with van der Waals surface area (Å²) in [4.78, 5) is 14.6. The van der Waals surface area contributed by atoms with E-state index in [9.17, 15) is 4.79 Å². The first-order valence-electron chi connectivity index (χ1n) is 8.44. The van der Waals surface area contributed by atoms with Crippen molar-refractivity contribution < 1.29 is 9.53 Å². The molecule has 2 unspecified atom stereocenters. The molecule has 1 amide bonds. The number of nitrogens with two attached hydrogens (primary N) is 2. The third-order valence-corrected chi connectivity index (χ3v) is 4.87. The molecule has 0 aromatic heterocycles. The number of morpholine rings is 1. The highest BCUT2D eigenvalue weighted by molar-refractivity contribution is 5.78. The molecule has 1 saturated carbocycles. The average Bonchev–Trinajstić information content (AvgIpc) is 2.59. The third kappa shape index (κ3) is 3.59. The highest BCUT2D eigenvalue weighted by atomic mass is 16.5. The number of benzene rings is 1. The van der Waals surface area contributed by atoms with Crippen molar-refractivity contribution in [3.05, 3.63) is 24.3 Å². The van der Waals surface area contributed by atoms with Crippen LogP contribution >= 0.6 is 0 Å². The number of carbonyl (C=O) groups excluding carboxylic acids is 1. The Hall–Kier alpha value is -1.79. The van der Waals surface area contributed by atoms with E-state index in [1.807, 2.05) is 29.2 Å². The maximum Gasteiger partial charge on any atom is 0.224 e. The van der Waals surface area contributed by atoms with E-state index in [1.165, 1.54) is 12.8 Å². The minimum absolute atomic E-state index is 0.162. The van der Waals surface area contributed by atoms with Gasteiger partial charge in [0.15, 0.2) is 0 Å². The van der Waals surface area contributed by atoms with Gasteiger partial charge in [0.2, 0.25) is 5.91 Å². The Bertz CT molecular complexity index is 549. The lowest BCUT2D eigenvalue weighted by Crippen LogP contribution is -2.55. The molecule has 2 atom stereocenters. The van der Waals surface area contributed by atoms with Gasteiger partial charge in [-0.1, -0.05) is 25.0 Å². The van der Waals surface area contributed by atoms with E-state index in [2.05, 4.69) is 0 Å². The van der Waals surface area contributed by atoms with Crippen LogP contribution in [0.25, 0.3) is 0 Å². The molecule has 0 bridgehead atoms. The Balaban J connectivity index is 1.57. The number of para-hydroxylation sites is 2. The summed E-state index contributed by atoms with van der Waals surface area (Å²) in [5, 5.41) is 1.56. The number of nitrogens with zero attached hydrogens (tertiary/aromatic N) is 2. The van der Waals surface area contributed by atoms with E-state index in [0.717, 1.165) is 18.5 Å². The molecule has 3 rings (SSSR count). The molecule has 1 aliphatic carbocycles. The monoisotopic (exact) mass is 318 g/mol. The number of hydrazine groups is 1. The maximum atomic E-state index is 12.6. The lowest BCUT2D eigenvalue weighted by molar-refractivity contribution is -0.149. The second kappa shape index (κ2) is 7.19. The van der Waals surface area contributed by atoms with Gasteiger partial charge in [-0.15, -0.1) is 0 Å². The van der Waals surface area contributed by atoms with Crippen LogP contribution in [-0.2, 0) is 9.53 Å². The van der Waals surface area contributed by atoms with Crippen LogP contribution in [0, 0.1) is 0 Å². The summed E-state index contributed by atoms with van der Waals surface area (Å²) in [6, 6.07) is 7.69. The molecule has 1 aromatic carbocycles. The van der Waals surface area contributed by atoms with Crippen LogP contribution in [0.5, 0.6) is 0 Å². The molecule has 6 heteroatoms. The fourth-order valence-corrected chi connectivity index (χ4v) is 3.64. The van der Waals surface area contributed by atoms with Gasteiger partial charge in [-0.3, -0.25) is 4.79 Å². The second-order valence-corrected chi connectivity index (χ2v) is 6.35. The zero-order valence-corrected chi connectivity index (χ0v) is 13.5. The van der Waals surface area contributed by atoms with Crippen molar-refractivity contribution in [1.82, 2.24) is 4.90 Å². The van der Waals surface area contributed by atoms with Crippen molar-refractivity contribution in [3.63, 3.8) is 0 Å². The molecule has 6 nitrogen and oxygen atoms in total. The van der Waals surface area contributed by atoms with Gasteiger partial charge in [0.25, 0.3) is 0 Å². The van der Waals surface area contributed by atoms with Crippen LogP contribution in [0.1, 0.15) is 32.1 Å². The van der Waals surface area contributed by atoms with Crippen LogP contribution in [0.2, 0.25) is 0 Å². The van der Waals surface area contributed by atoms with Crippen LogP contribution in [0.4, 0.5) is 11.4 Å². The average molecular weight is 318 g/mol. The highest BCUT2D eigenvalue weighted by Gasteiger charge is 2.36. The zero-order chi connectivity index (χ0) is 16.2. The van der Waals surface area contributed by atoms with Crippen molar-refractivity contribution in [2.24, 2.45) is 5.84 Å². The van der Waals surface area contributed by atoms with Crippen LogP contribution in [-0.4, -0.2) is 42.6 Å². The van der Waals surface area contributed by atoms with Gasteiger partial charge in [0.05, 0.1) is 30.1 Å². The lowest BCUT2D eigenvalue weighted by Gasteiger charge is -2.44. The van der Waals surface area contributed by atoms with E-state index < -0.39 is 0 Å². The number of fused-ring (bicyclic) bond motifs is 1. The van der Waals surface area contributed by atoms with Gasteiger partial charge < -0.3 is 20.4 Å². The first-order chi connectivity index (χ1) is 11.2. The molecule has 2 aliphatic rings. The van der Waals surface area contributed by atoms with E-state index in [0.29, 0.717) is 31.8 Å². The normalized spacial score (nSPS) is 24.1. The molecule has 1 aliphatic heterocycles. The Morgan fingerprint density at radius 2 is 2.09 bits per heavy atom. The van der Waals surface area contributed by atoms with E-state index >= 15 is 0 Å². The first kappa shape index (κ1) is 16.1. The molecule has 23 heavy (non-hydrogen) atoms. The molecule has 2 fully saturated rings. The zero-order valence-electron chi connectivity index (χ0n) is 13.5. The van der Waals surface area contributed by atoms with E-state index in [1.54, 1.807) is 5.01 Å². The topological polar surface area (TPSA) is 84.8 Å². The minimum Gasteiger partial charge on any atom is -0.397 e. The van der Waals surface area contributed by atoms with Gasteiger partial charge in [-0.2, -0.15) is 0 Å². The number of hydrogen-bond donors (Lipinski definition) is 2. The number of rotatable bonds is 4. The summed E-state index contributed by atoms with van der Waals surface area (Å²) >= 11 is 0. The predicted octanol–water partition coefficient (Wildman–Crippen LogP) is 1.51. The highest BCUT2D eigenvalue weighted by Crippen LogP contribution is 2.29. The largest absolute Gasteiger partial charge is 0.397 e. The van der Waals surface area contributed by atoms with Gasteiger partial charge in [0, 0.05) is 19.5 Å².